The molecule has 5 rings (SSSR count). The number of nitrogens with one attached hydrogen (secondary N) is 1. The number of benzene rings is 2. The predicted octanol–water partition coefficient (Wildman–Crippen LogP) is 3.37. The number of ether oxygens (including phenoxy) is 1. The third-order valence-corrected chi connectivity index (χ3v) is 6.45. The van der Waals surface area contributed by atoms with Crippen molar-refractivity contribution in [3.05, 3.63) is 58.9 Å². The molecule has 0 amide bonds. The van der Waals surface area contributed by atoms with Gasteiger partial charge in [-0.1, -0.05) is 18.2 Å². The Labute approximate surface area is 165 Å². The lowest BCUT2D eigenvalue weighted by molar-refractivity contribution is 0.131. The first kappa shape index (κ1) is 18.0. The molecule has 0 saturated carbocycles. The molecule has 3 aliphatic rings. The van der Waals surface area contributed by atoms with Crippen LogP contribution in [0.25, 0.3) is 0 Å². The molecule has 1 saturated heterocycles. The van der Waals surface area contributed by atoms with Crippen molar-refractivity contribution in [2.24, 2.45) is 0 Å². The number of fused-ring (bicyclic) bond motifs is 2. The summed E-state index contributed by atoms with van der Waals surface area (Å²) in [5, 5.41) is 14.2. The highest BCUT2D eigenvalue weighted by Gasteiger charge is 2.33. The maximum Gasteiger partial charge on any atom is 0.145 e. The fourth-order valence-corrected chi connectivity index (χ4v) is 4.95. The minimum absolute atomic E-state index is 0.0267. The average molecular weight is 382 g/mol. The van der Waals surface area contributed by atoms with E-state index in [9.17, 15) is 9.50 Å². The second kappa shape index (κ2) is 7.37. The van der Waals surface area contributed by atoms with Crippen molar-refractivity contribution in [3.63, 3.8) is 0 Å². The van der Waals surface area contributed by atoms with Crippen molar-refractivity contribution in [2.45, 2.75) is 50.3 Å². The number of aryl methyl sites for hydroxylation is 1. The van der Waals surface area contributed by atoms with Crippen molar-refractivity contribution in [1.82, 2.24) is 5.32 Å². The normalized spacial score (nSPS) is 24.6. The van der Waals surface area contributed by atoms with Crippen LogP contribution in [0.15, 0.2) is 36.4 Å². The van der Waals surface area contributed by atoms with Gasteiger partial charge in [0.25, 0.3) is 0 Å². The van der Waals surface area contributed by atoms with E-state index >= 15 is 0 Å². The fourth-order valence-electron chi connectivity index (χ4n) is 4.95. The van der Waals surface area contributed by atoms with Crippen LogP contribution in [0.1, 0.15) is 42.1 Å². The molecule has 0 spiro atoms. The first-order chi connectivity index (χ1) is 13.7. The van der Waals surface area contributed by atoms with Crippen LogP contribution in [-0.2, 0) is 12.8 Å². The van der Waals surface area contributed by atoms with Crippen LogP contribution in [0.4, 0.5) is 10.1 Å². The van der Waals surface area contributed by atoms with Crippen LogP contribution in [0.2, 0.25) is 0 Å². The summed E-state index contributed by atoms with van der Waals surface area (Å²) in [6, 6.07) is 11.6. The maximum atomic E-state index is 13.5. The largest absolute Gasteiger partial charge is 0.491 e. The number of hydrogen-bond acceptors (Lipinski definition) is 4. The lowest BCUT2D eigenvalue weighted by atomic mass is 10.00. The van der Waals surface area contributed by atoms with E-state index in [1.54, 1.807) is 6.07 Å². The summed E-state index contributed by atoms with van der Waals surface area (Å²) >= 11 is 0. The van der Waals surface area contributed by atoms with Gasteiger partial charge in [-0.05, 0) is 67.0 Å². The Bertz CT molecular complexity index is 864. The molecule has 2 aromatic carbocycles. The smallest absolute Gasteiger partial charge is 0.145 e. The van der Waals surface area contributed by atoms with Gasteiger partial charge in [-0.15, -0.1) is 0 Å². The van der Waals surface area contributed by atoms with Gasteiger partial charge >= 0.3 is 0 Å². The highest BCUT2D eigenvalue weighted by Crippen LogP contribution is 2.37. The molecule has 0 radical (unpaired) electrons. The molecule has 0 bridgehead atoms. The van der Waals surface area contributed by atoms with Crippen LogP contribution in [0, 0.1) is 5.82 Å². The Hall–Kier alpha value is -2.11. The van der Waals surface area contributed by atoms with Gasteiger partial charge < -0.3 is 20.1 Å². The lowest BCUT2D eigenvalue weighted by Crippen LogP contribution is -2.47. The highest BCUT2D eigenvalue weighted by molar-refractivity contribution is 5.62. The SMILES string of the molecule is O[C@@H]1c2cc(F)ccc2C[C@H]1NC1CCN(c2cccc3c2OCCC3)CC1. The van der Waals surface area contributed by atoms with E-state index in [-0.39, 0.29) is 11.9 Å². The fraction of sp³-hybridized carbons (Fsp3) is 0.478. The molecule has 2 aliphatic heterocycles. The standard InChI is InChI=1S/C23H27FN2O2/c24-17-7-6-16-13-20(22(27)19(16)14-17)25-18-8-10-26(11-9-18)21-5-1-3-15-4-2-12-28-23(15)21/h1,3,5-7,14,18,20,22,25,27H,2,4,8-13H2/t20-,22-/m1/s1. The van der Waals surface area contributed by atoms with Gasteiger partial charge in [0.2, 0.25) is 0 Å². The van der Waals surface area contributed by atoms with Crippen LogP contribution < -0.4 is 15.0 Å². The number of rotatable bonds is 3. The number of aliphatic hydroxyl groups is 1. The number of nitrogens with zero attached hydrogens (tertiary/aromatic N) is 1. The summed E-state index contributed by atoms with van der Waals surface area (Å²) in [4.78, 5) is 2.43. The minimum Gasteiger partial charge on any atom is -0.491 e. The highest BCUT2D eigenvalue weighted by atomic mass is 19.1. The van der Waals surface area contributed by atoms with E-state index in [0.717, 1.165) is 68.7 Å². The third-order valence-electron chi connectivity index (χ3n) is 6.45. The average Bonchev–Trinajstić information content (AvgIpc) is 3.03. The van der Waals surface area contributed by atoms with Crippen LogP contribution in [0.5, 0.6) is 5.75 Å². The minimum atomic E-state index is -0.627. The second-order valence-electron chi connectivity index (χ2n) is 8.24. The molecule has 2 N–H and O–H groups in total. The van der Waals surface area contributed by atoms with Crippen LogP contribution in [0.3, 0.4) is 0 Å². The van der Waals surface area contributed by atoms with E-state index < -0.39 is 6.10 Å². The molecule has 28 heavy (non-hydrogen) atoms. The summed E-state index contributed by atoms with van der Waals surface area (Å²) in [5.74, 6) is 0.795. The van der Waals surface area contributed by atoms with Gasteiger partial charge in [-0.25, -0.2) is 4.39 Å². The summed E-state index contributed by atoms with van der Waals surface area (Å²) < 4.78 is 19.5. The van der Waals surface area contributed by atoms with Crippen molar-refractivity contribution < 1.29 is 14.2 Å². The van der Waals surface area contributed by atoms with Gasteiger partial charge in [0.05, 0.1) is 18.4 Å². The Morgan fingerprint density at radius 3 is 2.82 bits per heavy atom. The summed E-state index contributed by atoms with van der Waals surface area (Å²) in [6.45, 7) is 2.76. The molecule has 148 valence electrons. The first-order valence-corrected chi connectivity index (χ1v) is 10.4. The molecule has 1 fully saturated rings. The molecule has 2 aromatic rings. The van der Waals surface area contributed by atoms with E-state index in [1.165, 1.54) is 23.4 Å². The van der Waals surface area contributed by atoms with Gasteiger partial charge in [-0.3, -0.25) is 0 Å². The molecule has 4 nitrogen and oxygen atoms in total. The van der Waals surface area contributed by atoms with Crippen LogP contribution in [-0.4, -0.2) is 36.9 Å². The van der Waals surface area contributed by atoms with E-state index in [2.05, 4.69) is 28.4 Å². The van der Waals surface area contributed by atoms with Crippen molar-refractivity contribution >= 4 is 5.69 Å². The molecule has 0 unspecified atom stereocenters. The topological polar surface area (TPSA) is 44.7 Å². The quantitative estimate of drug-likeness (QED) is 0.854. The van der Waals surface area contributed by atoms with Gasteiger partial charge in [0.1, 0.15) is 11.6 Å². The zero-order valence-electron chi connectivity index (χ0n) is 16.0. The summed E-state index contributed by atoms with van der Waals surface area (Å²) in [7, 11) is 0. The molecule has 0 aromatic heterocycles. The number of para-hydroxylation sites is 1. The molecule has 5 heteroatoms. The zero-order valence-corrected chi connectivity index (χ0v) is 16.0. The number of anilines is 1. The number of aliphatic hydroxyl groups excluding tert-OH is 1. The molecular formula is C23H27FN2O2. The summed E-state index contributed by atoms with van der Waals surface area (Å²) in [6.07, 6.45) is 4.38. The first-order valence-electron chi connectivity index (χ1n) is 10.4. The summed E-state index contributed by atoms with van der Waals surface area (Å²) in [5.41, 5.74) is 4.34. The zero-order chi connectivity index (χ0) is 19.1. The predicted molar refractivity (Wildman–Crippen MR) is 107 cm³/mol. The molecule has 1 aliphatic carbocycles. The van der Waals surface area contributed by atoms with E-state index in [0.29, 0.717) is 6.04 Å². The number of hydrogen-bond donors (Lipinski definition) is 2. The van der Waals surface area contributed by atoms with Gasteiger partial charge in [0, 0.05) is 25.2 Å². The Balaban J connectivity index is 1.22. The second-order valence-corrected chi connectivity index (χ2v) is 8.24. The third kappa shape index (κ3) is 3.27. The molecule has 2 heterocycles. The van der Waals surface area contributed by atoms with Crippen molar-refractivity contribution in [3.8, 4) is 5.75 Å². The van der Waals surface area contributed by atoms with E-state index in [4.69, 9.17) is 4.74 Å². The van der Waals surface area contributed by atoms with Crippen molar-refractivity contribution in [2.75, 3.05) is 24.6 Å². The van der Waals surface area contributed by atoms with Gasteiger partial charge in [-0.2, -0.15) is 0 Å². The van der Waals surface area contributed by atoms with E-state index in [1.807, 2.05) is 0 Å². The molecular weight excluding hydrogens is 355 g/mol. The van der Waals surface area contributed by atoms with Crippen molar-refractivity contribution in [1.29, 1.82) is 0 Å². The Morgan fingerprint density at radius 2 is 1.96 bits per heavy atom. The molecule has 2 atom stereocenters. The van der Waals surface area contributed by atoms with Crippen LogP contribution >= 0.6 is 0 Å². The number of piperidine rings is 1. The monoisotopic (exact) mass is 382 g/mol. The maximum absolute atomic E-state index is 13.5. The Morgan fingerprint density at radius 1 is 1.11 bits per heavy atom. The number of halogens is 1. The Kier molecular flexibility index (Phi) is 4.73. The lowest BCUT2D eigenvalue weighted by Gasteiger charge is -2.37. The van der Waals surface area contributed by atoms with Gasteiger partial charge in [0.15, 0.2) is 0 Å².